The van der Waals surface area contributed by atoms with Gasteiger partial charge < -0.3 is 15.6 Å². The van der Waals surface area contributed by atoms with Crippen molar-refractivity contribution in [2.75, 3.05) is 19.8 Å². The van der Waals surface area contributed by atoms with E-state index in [1.54, 1.807) is 11.3 Å². The average Bonchev–Trinajstić information content (AvgIpc) is 3.06. The quantitative estimate of drug-likeness (QED) is 0.906. The highest BCUT2D eigenvalue weighted by Crippen LogP contribution is 2.48. The van der Waals surface area contributed by atoms with Crippen LogP contribution in [0.5, 0.6) is 0 Å². The number of thiophene rings is 1. The van der Waals surface area contributed by atoms with Crippen LogP contribution in [-0.4, -0.2) is 24.9 Å². The van der Waals surface area contributed by atoms with Gasteiger partial charge in [0.15, 0.2) is 0 Å². The first kappa shape index (κ1) is 13.1. The summed E-state index contributed by atoms with van der Waals surface area (Å²) in [6.45, 7) is 3.52. The van der Waals surface area contributed by atoms with Crippen molar-refractivity contribution >= 4 is 21.4 Å². The summed E-state index contributed by atoms with van der Waals surface area (Å²) in [4.78, 5) is 0.977. The van der Waals surface area contributed by atoms with Gasteiger partial charge in [0.05, 0.1) is 6.61 Å². The maximum atomic E-state index is 11.1. The van der Waals surface area contributed by atoms with E-state index >= 15 is 0 Å². The lowest BCUT2D eigenvalue weighted by molar-refractivity contribution is -0.0718. The number of rotatable bonds is 3. The molecule has 1 aliphatic heterocycles. The van der Waals surface area contributed by atoms with E-state index in [1.807, 2.05) is 19.1 Å². The summed E-state index contributed by atoms with van der Waals surface area (Å²) in [6.07, 6.45) is 0.810. The van der Waals surface area contributed by atoms with Gasteiger partial charge in [-0.1, -0.05) is 18.2 Å². The zero-order chi connectivity index (χ0) is 13.5. The van der Waals surface area contributed by atoms with Crippen LogP contribution in [0.4, 0.5) is 0 Å². The molecule has 4 heteroatoms. The Bertz CT molecular complexity index is 552. The summed E-state index contributed by atoms with van der Waals surface area (Å²) in [6, 6.07) is 10.3. The predicted molar refractivity (Wildman–Crippen MR) is 78.3 cm³/mol. The van der Waals surface area contributed by atoms with Crippen molar-refractivity contribution in [3.8, 4) is 0 Å². The molecule has 0 spiro atoms. The van der Waals surface area contributed by atoms with Crippen LogP contribution in [0.1, 0.15) is 18.2 Å². The van der Waals surface area contributed by atoms with Gasteiger partial charge in [0.2, 0.25) is 0 Å². The predicted octanol–water partition coefficient (Wildman–Crippen LogP) is 2.47. The molecule has 1 aromatic heterocycles. The van der Waals surface area contributed by atoms with E-state index in [2.05, 4.69) is 18.2 Å². The second kappa shape index (κ2) is 4.56. The largest absolute Gasteiger partial charge is 0.384 e. The van der Waals surface area contributed by atoms with E-state index in [0.717, 1.165) is 11.3 Å². The van der Waals surface area contributed by atoms with Gasteiger partial charge in [-0.3, -0.25) is 0 Å². The molecule has 3 N–H and O–H groups in total. The van der Waals surface area contributed by atoms with Crippen LogP contribution in [0, 0.1) is 5.41 Å². The standard InChI is InChI=1S/C15H19NO2S/c1-14(17,15(9-16)6-7-18-10-15)13-8-11-4-2-3-5-12(11)19-13/h2-5,8,17H,6-7,9-10,16H2,1H3. The maximum Gasteiger partial charge on any atom is 0.105 e. The third-order valence-electron chi connectivity index (χ3n) is 4.43. The van der Waals surface area contributed by atoms with Crippen LogP contribution in [0.2, 0.25) is 0 Å². The van der Waals surface area contributed by atoms with Crippen molar-refractivity contribution in [1.82, 2.24) is 0 Å². The minimum absolute atomic E-state index is 0.367. The van der Waals surface area contributed by atoms with Crippen molar-refractivity contribution in [2.45, 2.75) is 18.9 Å². The van der Waals surface area contributed by atoms with Crippen LogP contribution in [0.15, 0.2) is 30.3 Å². The molecule has 1 aromatic carbocycles. The van der Waals surface area contributed by atoms with Crippen molar-refractivity contribution in [2.24, 2.45) is 11.1 Å². The van der Waals surface area contributed by atoms with Gasteiger partial charge >= 0.3 is 0 Å². The molecule has 2 atom stereocenters. The zero-order valence-corrected chi connectivity index (χ0v) is 11.9. The van der Waals surface area contributed by atoms with Crippen molar-refractivity contribution in [3.63, 3.8) is 0 Å². The third-order valence-corrected chi connectivity index (χ3v) is 5.76. The molecule has 0 amide bonds. The summed E-state index contributed by atoms with van der Waals surface area (Å²) in [5.41, 5.74) is 4.64. The van der Waals surface area contributed by atoms with Gasteiger partial charge in [-0.15, -0.1) is 11.3 Å². The summed E-state index contributed by atoms with van der Waals surface area (Å²) >= 11 is 1.64. The average molecular weight is 277 g/mol. The fourth-order valence-electron chi connectivity index (χ4n) is 2.83. The van der Waals surface area contributed by atoms with E-state index in [-0.39, 0.29) is 5.41 Å². The Morgan fingerprint density at radius 3 is 2.89 bits per heavy atom. The van der Waals surface area contributed by atoms with Crippen LogP contribution >= 0.6 is 11.3 Å². The normalized spacial score (nSPS) is 26.7. The first-order valence-electron chi connectivity index (χ1n) is 6.58. The lowest BCUT2D eigenvalue weighted by Gasteiger charge is -2.40. The number of aliphatic hydroxyl groups is 1. The fourth-order valence-corrected chi connectivity index (χ4v) is 4.06. The molecule has 0 bridgehead atoms. The second-order valence-corrected chi connectivity index (χ2v) is 6.59. The Labute approximate surface area is 117 Å². The van der Waals surface area contributed by atoms with Crippen LogP contribution in [-0.2, 0) is 10.3 Å². The summed E-state index contributed by atoms with van der Waals surface area (Å²) < 4.78 is 6.70. The van der Waals surface area contributed by atoms with Gasteiger partial charge in [0.25, 0.3) is 0 Å². The molecule has 2 heterocycles. The topological polar surface area (TPSA) is 55.5 Å². The van der Waals surface area contributed by atoms with Crippen molar-refractivity contribution in [3.05, 3.63) is 35.2 Å². The fraction of sp³-hybridized carbons (Fsp3) is 0.467. The number of ether oxygens (including phenoxy) is 1. The summed E-state index contributed by atoms with van der Waals surface area (Å²) in [5, 5.41) is 12.3. The number of benzene rings is 1. The molecule has 1 fully saturated rings. The highest BCUT2D eigenvalue weighted by Gasteiger charge is 2.50. The van der Waals surface area contributed by atoms with Gasteiger partial charge in [-0.2, -0.15) is 0 Å². The Balaban J connectivity index is 2.07. The van der Waals surface area contributed by atoms with E-state index in [1.165, 1.54) is 10.1 Å². The smallest absolute Gasteiger partial charge is 0.105 e. The van der Waals surface area contributed by atoms with Crippen LogP contribution in [0.25, 0.3) is 10.1 Å². The van der Waals surface area contributed by atoms with Gasteiger partial charge in [0, 0.05) is 28.1 Å². The van der Waals surface area contributed by atoms with E-state index in [0.29, 0.717) is 19.8 Å². The molecule has 1 aliphatic rings. The molecular formula is C15H19NO2S. The van der Waals surface area contributed by atoms with E-state index < -0.39 is 5.60 Å². The SMILES string of the molecule is CC(O)(c1cc2ccccc2s1)C1(CN)CCOC1. The molecule has 0 aliphatic carbocycles. The molecule has 1 saturated heterocycles. The first-order valence-corrected chi connectivity index (χ1v) is 7.40. The molecule has 2 unspecified atom stereocenters. The van der Waals surface area contributed by atoms with Crippen LogP contribution < -0.4 is 5.73 Å². The Morgan fingerprint density at radius 1 is 1.47 bits per heavy atom. The number of nitrogens with two attached hydrogens (primary N) is 1. The minimum Gasteiger partial charge on any atom is -0.384 e. The second-order valence-electron chi connectivity index (χ2n) is 5.51. The van der Waals surface area contributed by atoms with Crippen LogP contribution in [0.3, 0.4) is 0 Å². The van der Waals surface area contributed by atoms with E-state index in [4.69, 9.17) is 10.5 Å². The van der Waals surface area contributed by atoms with Gasteiger partial charge in [-0.25, -0.2) is 0 Å². The molecule has 3 rings (SSSR count). The lowest BCUT2D eigenvalue weighted by atomic mass is 9.71. The molecule has 0 saturated carbocycles. The molecule has 2 aromatic rings. The van der Waals surface area contributed by atoms with Gasteiger partial charge in [0.1, 0.15) is 5.60 Å². The summed E-state index contributed by atoms with van der Waals surface area (Å²) in [5.74, 6) is 0. The van der Waals surface area contributed by atoms with E-state index in [9.17, 15) is 5.11 Å². The zero-order valence-electron chi connectivity index (χ0n) is 11.1. The molecular weight excluding hydrogens is 258 g/mol. The highest BCUT2D eigenvalue weighted by atomic mass is 32.1. The monoisotopic (exact) mass is 277 g/mol. The van der Waals surface area contributed by atoms with Crippen molar-refractivity contribution in [1.29, 1.82) is 0 Å². The van der Waals surface area contributed by atoms with Crippen molar-refractivity contribution < 1.29 is 9.84 Å². The van der Waals surface area contributed by atoms with Gasteiger partial charge in [-0.05, 0) is 30.9 Å². The molecule has 19 heavy (non-hydrogen) atoms. The Hall–Kier alpha value is -0.940. The number of fused-ring (bicyclic) bond motifs is 1. The first-order chi connectivity index (χ1) is 9.09. The minimum atomic E-state index is -0.943. The molecule has 0 radical (unpaired) electrons. The Kier molecular flexibility index (Phi) is 3.14. The molecule has 102 valence electrons. The maximum absolute atomic E-state index is 11.1. The number of hydrogen-bond donors (Lipinski definition) is 2. The summed E-state index contributed by atoms with van der Waals surface area (Å²) in [7, 11) is 0. The third kappa shape index (κ3) is 1.91. The highest BCUT2D eigenvalue weighted by molar-refractivity contribution is 7.19. The lowest BCUT2D eigenvalue weighted by Crippen LogP contribution is -2.48. The Morgan fingerprint density at radius 2 is 2.26 bits per heavy atom. The number of hydrogen-bond acceptors (Lipinski definition) is 4. The molecule has 3 nitrogen and oxygen atoms in total.